The summed E-state index contributed by atoms with van der Waals surface area (Å²) in [5, 5.41) is 10.6. The Balaban J connectivity index is 2.07. The standard InChI is InChI=1S/C12H23N3O/c1-4-16-8-6-5-7-13-9-12-10(2)14-15-11(12)3/h13H,4-9H2,1-3H3,(H,14,15). The maximum absolute atomic E-state index is 5.28. The van der Waals surface area contributed by atoms with Crippen LogP contribution >= 0.6 is 0 Å². The average Bonchev–Trinajstić information content (AvgIpc) is 2.59. The van der Waals surface area contributed by atoms with E-state index in [1.54, 1.807) is 0 Å². The van der Waals surface area contributed by atoms with Crippen molar-refractivity contribution in [2.75, 3.05) is 19.8 Å². The third kappa shape index (κ3) is 4.33. The van der Waals surface area contributed by atoms with Gasteiger partial charge in [0.15, 0.2) is 0 Å². The Morgan fingerprint density at radius 1 is 1.31 bits per heavy atom. The van der Waals surface area contributed by atoms with Gasteiger partial charge in [0.1, 0.15) is 0 Å². The van der Waals surface area contributed by atoms with Crippen LogP contribution in [0.25, 0.3) is 0 Å². The van der Waals surface area contributed by atoms with Crippen molar-refractivity contribution in [3.05, 3.63) is 17.0 Å². The van der Waals surface area contributed by atoms with E-state index in [0.29, 0.717) is 0 Å². The van der Waals surface area contributed by atoms with Gasteiger partial charge in [0.2, 0.25) is 0 Å². The van der Waals surface area contributed by atoms with Crippen molar-refractivity contribution >= 4 is 0 Å². The number of hydrogen-bond acceptors (Lipinski definition) is 3. The van der Waals surface area contributed by atoms with E-state index in [2.05, 4.69) is 22.4 Å². The Kier molecular flexibility index (Phi) is 6.11. The molecule has 0 fully saturated rings. The fourth-order valence-electron chi connectivity index (χ4n) is 1.65. The quantitative estimate of drug-likeness (QED) is 0.665. The van der Waals surface area contributed by atoms with Crippen LogP contribution in [0, 0.1) is 13.8 Å². The summed E-state index contributed by atoms with van der Waals surface area (Å²) < 4.78 is 5.28. The third-order valence-electron chi connectivity index (χ3n) is 2.68. The minimum atomic E-state index is 0.820. The van der Waals surface area contributed by atoms with E-state index in [-0.39, 0.29) is 0 Å². The highest BCUT2D eigenvalue weighted by Crippen LogP contribution is 2.08. The molecule has 0 atom stereocenters. The van der Waals surface area contributed by atoms with Crippen LogP contribution in [0.2, 0.25) is 0 Å². The van der Waals surface area contributed by atoms with Gasteiger partial charge in [-0.15, -0.1) is 0 Å². The van der Waals surface area contributed by atoms with Crippen molar-refractivity contribution < 1.29 is 4.74 Å². The number of aryl methyl sites for hydroxylation is 2. The molecule has 4 nitrogen and oxygen atoms in total. The summed E-state index contributed by atoms with van der Waals surface area (Å²) in [4.78, 5) is 0. The number of hydrogen-bond donors (Lipinski definition) is 2. The normalized spacial score (nSPS) is 10.9. The van der Waals surface area contributed by atoms with Crippen LogP contribution in [-0.4, -0.2) is 30.0 Å². The molecule has 0 radical (unpaired) electrons. The second-order valence-electron chi connectivity index (χ2n) is 3.99. The van der Waals surface area contributed by atoms with Crippen LogP contribution in [-0.2, 0) is 11.3 Å². The molecule has 0 amide bonds. The molecule has 0 spiro atoms. The summed E-state index contributed by atoms with van der Waals surface area (Å²) >= 11 is 0. The molecular formula is C12H23N3O. The molecule has 1 rings (SSSR count). The topological polar surface area (TPSA) is 49.9 Å². The highest BCUT2D eigenvalue weighted by atomic mass is 16.5. The fourth-order valence-corrected chi connectivity index (χ4v) is 1.65. The van der Waals surface area contributed by atoms with Gasteiger partial charge in [0, 0.05) is 31.0 Å². The first kappa shape index (κ1) is 13.2. The largest absolute Gasteiger partial charge is 0.382 e. The maximum atomic E-state index is 5.28. The van der Waals surface area contributed by atoms with Gasteiger partial charge in [-0.25, -0.2) is 0 Å². The van der Waals surface area contributed by atoms with Crippen LogP contribution in [0.15, 0.2) is 0 Å². The van der Waals surface area contributed by atoms with Crippen molar-refractivity contribution in [3.63, 3.8) is 0 Å². The van der Waals surface area contributed by atoms with E-state index in [0.717, 1.165) is 44.8 Å². The first-order valence-electron chi connectivity index (χ1n) is 6.04. The fraction of sp³-hybridized carbons (Fsp3) is 0.750. The smallest absolute Gasteiger partial charge is 0.0638 e. The van der Waals surface area contributed by atoms with E-state index < -0.39 is 0 Å². The van der Waals surface area contributed by atoms with Crippen LogP contribution in [0.1, 0.15) is 36.7 Å². The van der Waals surface area contributed by atoms with Gasteiger partial charge in [-0.05, 0) is 40.2 Å². The molecule has 2 N–H and O–H groups in total. The number of H-pyrrole nitrogens is 1. The van der Waals surface area contributed by atoms with Crippen LogP contribution in [0.4, 0.5) is 0 Å². The Bertz CT molecular complexity index is 277. The number of aromatic amines is 1. The molecule has 0 saturated heterocycles. The molecule has 0 saturated carbocycles. The Labute approximate surface area is 97.8 Å². The van der Waals surface area contributed by atoms with Gasteiger partial charge >= 0.3 is 0 Å². The van der Waals surface area contributed by atoms with Crippen LogP contribution in [0.3, 0.4) is 0 Å². The molecule has 0 bridgehead atoms. The average molecular weight is 225 g/mol. The number of nitrogens with zero attached hydrogens (tertiary/aromatic N) is 1. The zero-order valence-corrected chi connectivity index (χ0v) is 10.6. The lowest BCUT2D eigenvalue weighted by Gasteiger charge is -2.05. The second-order valence-corrected chi connectivity index (χ2v) is 3.99. The lowest BCUT2D eigenvalue weighted by Crippen LogP contribution is -2.16. The van der Waals surface area contributed by atoms with Gasteiger partial charge in [-0.1, -0.05) is 0 Å². The molecule has 0 aliphatic carbocycles. The van der Waals surface area contributed by atoms with Crippen molar-refractivity contribution in [1.29, 1.82) is 0 Å². The number of ether oxygens (including phenoxy) is 1. The van der Waals surface area contributed by atoms with Crippen molar-refractivity contribution in [1.82, 2.24) is 15.5 Å². The molecule has 92 valence electrons. The highest BCUT2D eigenvalue weighted by molar-refractivity contribution is 5.22. The second kappa shape index (κ2) is 7.41. The summed E-state index contributed by atoms with van der Waals surface area (Å²) in [6.07, 6.45) is 2.29. The minimum Gasteiger partial charge on any atom is -0.382 e. The molecule has 0 aromatic carbocycles. The molecule has 0 aliphatic rings. The molecular weight excluding hydrogens is 202 g/mol. The lowest BCUT2D eigenvalue weighted by atomic mass is 10.2. The summed E-state index contributed by atoms with van der Waals surface area (Å²) in [7, 11) is 0. The monoisotopic (exact) mass is 225 g/mol. The van der Waals surface area contributed by atoms with E-state index in [1.165, 1.54) is 11.3 Å². The van der Waals surface area contributed by atoms with E-state index >= 15 is 0 Å². The number of aromatic nitrogens is 2. The van der Waals surface area contributed by atoms with Crippen molar-refractivity contribution in [2.45, 2.75) is 40.2 Å². The summed E-state index contributed by atoms with van der Waals surface area (Å²) in [5.74, 6) is 0. The SMILES string of the molecule is CCOCCCCNCc1c(C)n[nH]c1C. The minimum absolute atomic E-state index is 0.820. The summed E-state index contributed by atoms with van der Waals surface area (Å²) in [6.45, 7) is 9.77. The van der Waals surface area contributed by atoms with Crippen molar-refractivity contribution in [2.24, 2.45) is 0 Å². The zero-order chi connectivity index (χ0) is 11.8. The lowest BCUT2D eigenvalue weighted by molar-refractivity contribution is 0.143. The first-order valence-corrected chi connectivity index (χ1v) is 6.04. The molecule has 4 heteroatoms. The summed E-state index contributed by atoms with van der Waals surface area (Å²) in [5.41, 5.74) is 3.56. The van der Waals surface area contributed by atoms with E-state index in [4.69, 9.17) is 4.74 Å². The molecule has 1 aromatic heterocycles. The number of unbranched alkanes of at least 4 members (excludes halogenated alkanes) is 1. The Hall–Kier alpha value is -0.870. The van der Waals surface area contributed by atoms with E-state index in [9.17, 15) is 0 Å². The summed E-state index contributed by atoms with van der Waals surface area (Å²) in [6, 6.07) is 0. The molecule has 1 aromatic rings. The maximum Gasteiger partial charge on any atom is 0.0638 e. The highest BCUT2D eigenvalue weighted by Gasteiger charge is 2.04. The van der Waals surface area contributed by atoms with Crippen LogP contribution < -0.4 is 5.32 Å². The van der Waals surface area contributed by atoms with Gasteiger partial charge in [0.25, 0.3) is 0 Å². The van der Waals surface area contributed by atoms with Crippen LogP contribution in [0.5, 0.6) is 0 Å². The molecule has 16 heavy (non-hydrogen) atoms. The molecule has 0 unspecified atom stereocenters. The Morgan fingerprint density at radius 3 is 2.75 bits per heavy atom. The van der Waals surface area contributed by atoms with Gasteiger partial charge in [0.05, 0.1) is 5.69 Å². The molecule has 0 aliphatic heterocycles. The first-order chi connectivity index (χ1) is 7.75. The number of rotatable bonds is 8. The predicted molar refractivity (Wildman–Crippen MR) is 65.5 cm³/mol. The Morgan fingerprint density at radius 2 is 2.12 bits per heavy atom. The zero-order valence-electron chi connectivity index (χ0n) is 10.6. The van der Waals surface area contributed by atoms with E-state index in [1.807, 2.05) is 13.8 Å². The van der Waals surface area contributed by atoms with Gasteiger partial charge in [-0.2, -0.15) is 5.10 Å². The molecule has 1 heterocycles. The predicted octanol–water partition coefficient (Wildman–Crippen LogP) is 1.93. The third-order valence-corrected chi connectivity index (χ3v) is 2.68. The van der Waals surface area contributed by atoms with Gasteiger partial charge in [-0.3, -0.25) is 5.10 Å². The van der Waals surface area contributed by atoms with Gasteiger partial charge < -0.3 is 10.1 Å². The van der Waals surface area contributed by atoms with Crippen molar-refractivity contribution in [3.8, 4) is 0 Å². The number of nitrogens with one attached hydrogen (secondary N) is 2.